The second kappa shape index (κ2) is 15.1. The Balaban J connectivity index is 0.885. The molecule has 0 bridgehead atoms. The van der Waals surface area contributed by atoms with Gasteiger partial charge in [0.1, 0.15) is 23.5 Å². The molecule has 1 atom stereocenters. The zero-order valence-electron chi connectivity index (χ0n) is 33.8. The van der Waals surface area contributed by atoms with Crippen LogP contribution in [0.1, 0.15) is 29.0 Å². The van der Waals surface area contributed by atoms with Gasteiger partial charge in [0.25, 0.3) is 0 Å². The SMILES string of the molecule is C1=CC(c2ccc(C[n+]3[n-]c(-c4ccc5c(c4)sc4cc(-c6ccccc6)ccc45)nc3-c3cccc4c3oc3ccccc34)cc2)=CC(c2ccc(-c3ccccc3)cc2)C1. The fourth-order valence-corrected chi connectivity index (χ4v) is 10.2. The molecule has 1 aliphatic rings. The first-order chi connectivity index (χ1) is 30.7. The standard InChI is InChI=1S/C57H39N3OS/c1-3-11-38(12-4-1)40-25-27-42(28-26-40)44-16-9-15-43(33-44)41-23-21-37(22-24-41)36-60-57(51-19-10-18-50-47-17-7-8-20-52(47)61-55(50)51)58-56(59-60)46-30-32-49-48-31-29-45(39-13-5-2-6-14-39)34-53(48)62-54(49)35-46/h1-15,17-35,44H,16,36H2. The predicted molar refractivity (Wildman–Crippen MR) is 256 cm³/mol. The van der Waals surface area contributed by atoms with Gasteiger partial charge in [0.05, 0.1) is 5.56 Å². The van der Waals surface area contributed by atoms with Crippen LogP contribution in [0.5, 0.6) is 0 Å². The Morgan fingerprint density at radius 1 is 0.565 bits per heavy atom. The van der Waals surface area contributed by atoms with Crippen LogP contribution >= 0.6 is 11.3 Å². The second-order valence-electron chi connectivity index (χ2n) is 16.1. The molecular formula is C57H39N3OS. The van der Waals surface area contributed by atoms with Crippen LogP contribution in [0, 0.1) is 0 Å². The molecule has 12 rings (SSSR count). The third-order valence-electron chi connectivity index (χ3n) is 12.3. The van der Waals surface area contributed by atoms with E-state index in [9.17, 15) is 0 Å². The number of fused-ring (bicyclic) bond motifs is 6. The minimum absolute atomic E-state index is 0.329. The zero-order valence-corrected chi connectivity index (χ0v) is 34.6. The summed E-state index contributed by atoms with van der Waals surface area (Å²) in [6.45, 7) is 0.553. The summed E-state index contributed by atoms with van der Waals surface area (Å²) in [5.74, 6) is 1.79. The van der Waals surface area contributed by atoms with Crippen molar-refractivity contribution in [2.45, 2.75) is 18.9 Å². The van der Waals surface area contributed by atoms with Crippen molar-refractivity contribution in [3.63, 3.8) is 0 Å². The van der Waals surface area contributed by atoms with Crippen LogP contribution in [0.2, 0.25) is 0 Å². The van der Waals surface area contributed by atoms with E-state index < -0.39 is 0 Å². The lowest BCUT2D eigenvalue weighted by Gasteiger charge is -2.18. The summed E-state index contributed by atoms with van der Waals surface area (Å²) >= 11 is 1.82. The highest BCUT2D eigenvalue weighted by atomic mass is 32.1. The first-order valence-electron chi connectivity index (χ1n) is 21.2. The Morgan fingerprint density at radius 2 is 1.19 bits per heavy atom. The Bertz CT molecular complexity index is 3500. The van der Waals surface area contributed by atoms with Crippen molar-refractivity contribution >= 4 is 59.0 Å². The highest BCUT2D eigenvalue weighted by molar-refractivity contribution is 7.25. The topological polar surface area (TPSA) is 44.0 Å². The van der Waals surface area contributed by atoms with Gasteiger partial charge in [-0.1, -0.05) is 182 Å². The predicted octanol–water partition coefficient (Wildman–Crippen LogP) is 14.4. The number of thiophene rings is 1. The van der Waals surface area contributed by atoms with Crippen LogP contribution in [0.25, 0.3) is 92.7 Å². The monoisotopic (exact) mass is 813 g/mol. The number of nitrogens with zero attached hydrogens (tertiary/aromatic N) is 3. The number of aromatic nitrogens is 3. The summed E-state index contributed by atoms with van der Waals surface area (Å²) in [6, 6.07) is 67.1. The maximum atomic E-state index is 6.55. The highest BCUT2D eigenvalue weighted by Gasteiger charge is 2.18. The first kappa shape index (κ1) is 36.3. The Labute approximate surface area is 363 Å². The number of furan rings is 1. The van der Waals surface area contributed by atoms with Gasteiger partial charge in [0.15, 0.2) is 0 Å². The molecule has 0 radical (unpaired) electrons. The lowest BCUT2D eigenvalue weighted by atomic mass is 9.87. The Morgan fingerprint density at radius 3 is 1.97 bits per heavy atom. The smallest absolute Gasteiger partial charge is 0.146 e. The number of hydrogen-bond donors (Lipinski definition) is 0. The number of rotatable bonds is 8. The number of hydrogen-bond acceptors (Lipinski definition) is 3. The van der Waals surface area contributed by atoms with Crippen molar-refractivity contribution in [2.75, 3.05) is 0 Å². The Hall–Kier alpha value is -7.60. The normalized spacial score (nSPS) is 14.0. The van der Waals surface area contributed by atoms with Crippen LogP contribution in [-0.2, 0) is 6.54 Å². The van der Waals surface area contributed by atoms with Crippen LogP contribution in [0.3, 0.4) is 0 Å². The molecule has 1 aliphatic carbocycles. The molecule has 5 heteroatoms. The highest BCUT2D eigenvalue weighted by Crippen LogP contribution is 2.39. The molecule has 294 valence electrons. The van der Waals surface area contributed by atoms with Gasteiger partial charge in [-0.15, -0.1) is 11.3 Å². The summed E-state index contributed by atoms with van der Waals surface area (Å²) in [7, 11) is 0. The minimum atomic E-state index is 0.329. The van der Waals surface area contributed by atoms with Gasteiger partial charge in [-0.25, -0.2) is 0 Å². The van der Waals surface area contributed by atoms with Gasteiger partial charge < -0.3 is 9.40 Å². The van der Waals surface area contributed by atoms with Crippen LogP contribution < -0.4 is 9.78 Å². The maximum Gasteiger partial charge on any atom is 0.146 e. The number of allylic oxidation sites excluding steroid dienone is 4. The summed E-state index contributed by atoms with van der Waals surface area (Å²) in [5, 5.41) is 9.93. The van der Waals surface area contributed by atoms with E-state index in [2.05, 4.69) is 194 Å². The molecule has 4 nitrogen and oxygen atoms in total. The summed E-state index contributed by atoms with van der Waals surface area (Å²) in [6.07, 6.45) is 7.97. The number of para-hydroxylation sites is 2. The maximum absolute atomic E-state index is 6.55. The molecule has 0 spiro atoms. The summed E-state index contributed by atoms with van der Waals surface area (Å²) in [4.78, 5) is 5.31. The van der Waals surface area contributed by atoms with E-state index in [1.807, 2.05) is 28.2 Å². The van der Waals surface area contributed by atoms with Crippen LogP contribution in [-0.4, -0.2) is 4.98 Å². The molecule has 0 fully saturated rings. The van der Waals surface area contributed by atoms with Gasteiger partial charge >= 0.3 is 0 Å². The lowest BCUT2D eigenvalue weighted by Crippen LogP contribution is -2.40. The molecule has 0 N–H and O–H groups in total. The quantitative estimate of drug-likeness (QED) is 0.144. The first-order valence-corrected chi connectivity index (χ1v) is 22.0. The van der Waals surface area contributed by atoms with E-state index >= 15 is 0 Å². The zero-order chi connectivity index (χ0) is 41.0. The molecule has 62 heavy (non-hydrogen) atoms. The van der Waals surface area contributed by atoms with Crippen LogP contribution in [0.4, 0.5) is 0 Å². The van der Waals surface area contributed by atoms with Crippen molar-refractivity contribution in [2.24, 2.45) is 0 Å². The molecule has 3 heterocycles. The molecule has 3 aromatic heterocycles. The lowest BCUT2D eigenvalue weighted by molar-refractivity contribution is -0.737. The van der Waals surface area contributed by atoms with E-state index in [1.165, 1.54) is 59.1 Å². The minimum Gasteiger partial charge on any atom is -0.455 e. The molecule has 8 aromatic carbocycles. The summed E-state index contributed by atoms with van der Waals surface area (Å²) in [5.41, 5.74) is 13.4. The van der Waals surface area contributed by atoms with E-state index in [0.29, 0.717) is 18.3 Å². The molecule has 0 saturated carbocycles. The molecule has 0 saturated heterocycles. The van der Waals surface area contributed by atoms with E-state index in [4.69, 9.17) is 14.5 Å². The molecule has 11 aromatic rings. The van der Waals surface area contributed by atoms with Gasteiger partial charge in [-0.2, -0.15) is 0 Å². The molecule has 1 unspecified atom stereocenters. The third-order valence-corrected chi connectivity index (χ3v) is 13.4. The second-order valence-corrected chi connectivity index (χ2v) is 17.2. The average molecular weight is 814 g/mol. The fourth-order valence-electron chi connectivity index (χ4n) is 9.06. The average Bonchev–Trinajstić information content (AvgIpc) is 4.05. The van der Waals surface area contributed by atoms with Crippen molar-refractivity contribution in [3.8, 4) is 45.0 Å². The summed E-state index contributed by atoms with van der Waals surface area (Å²) < 4.78 is 11.1. The fraction of sp³-hybridized carbons (Fsp3) is 0.0526. The Kier molecular flexibility index (Phi) is 8.86. The van der Waals surface area contributed by atoms with Gasteiger partial charge in [0, 0.05) is 36.9 Å². The molecule has 0 aliphatic heterocycles. The number of benzene rings is 8. The van der Waals surface area contributed by atoms with E-state index in [0.717, 1.165) is 50.9 Å². The van der Waals surface area contributed by atoms with Gasteiger partial charge in [-0.05, 0) is 86.6 Å². The molecular weight excluding hydrogens is 775 g/mol. The van der Waals surface area contributed by atoms with E-state index in [-0.39, 0.29) is 0 Å². The van der Waals surface area contributed by atoms with Gasteiger partial charge in [-0.3, -0.25) is 9.78 Å². The van der Waals surface area contributed by atoms with Crippen molar-refractivity contribution < 1.29 is 9.10 Å². The largest absolute Gasteiger partial charge is 0.455 e. The van der Waals surface area contributed by atoms with Crippen molar-refractivity contribution in [1.29, 1.82) is 0 Å². The van der Waals surface area contributed by atoms with Crippen molar-refractivity contribution in [1.82, 2.24) is 10.1 Å². The van der Waals surface area contributed by atoms with Gasteiger partial charge in [0.2, 0.25) is 0 Å². The van der Waals surface area contributed by atoms with Crippen LogP contribution in [0.15, 0.2) is 211 Å². The third kappa shape index (κ3) is 6.55. The van der Waals surface area contributed by atoms with E-state index in [1.54, 1.807) is 0 Å². The molecule has 0 amide bonds. The van der Waals surface area contributed by atoms with Crippen molar-refractivity contribution in [3.05, 3.63) is 223 Å².